The van der Waals surface area contributed by atoms with Crippen molar-refractivity contribution < 1.29 is 0 Å². The van der Waals surface area contributed by atoms with Gasteiger partial charge >= 0.3 is 0 Å². The molecule has 0 amide bonds. The molecule has 6 nitrogen and oxygen atoms in total. The molecule has 7 heteroatoms. The zero-order valence-electron chi connectivity index (χ0n) is 11.3. The molecule has 0 fully saturated rings. The van der Waals surface area contributed by atoms with Crippen LogP contribution in [0.15, 0.2) is 36.4 Å². The van der Waals surface area contributed by atoms with Crippen molar-refractivity contribution in [2.75, 3.05) is 11.5 Å². The van der Waals surface area contributed by atoms with Crippen LogP contribution in [0.3, 0.4) is 0 Å². The Labute approximate surface area is 126 Å². The van der Waals surface area contributed by atoms with Crippen molar-refractivity contribution in [3.05, 3.63) is 47.0 Å². The molecular formula is C14H13ClN6. The molecule has 0 atom stereocenters. The number of aromatic nitrogens is 4. The highest BCUT2D eigenvalue weighted by atomic mass is 35.5. The SMILES string of the molecule is Cc1ccc(Cl)c(-n2nnnc2-c2cc(N)cc(N)c2)c1. The van der Waals surface area contributed by atoms with Gasteiger partial charge in [0.1, 0.15) is 0 Å². The molecule has 3 rings (SSSR count). The third-order valence-electron chi connectivity index (χ3n) is 3.04. The number of nitrogens with two attached hydrogens (primary N) is 2. The van der Waals surface area contributed by atoms with Crippen LogP contribution < -0.4 is 11.5 Å². The zero-order valence-corrected chi connectivity index (χ0v) is 12.0. The Hall–Kier alpha value is -2.60. The molecule has 106 valence electrons. The minimum Gasteiger partial charge on any atom is -0.399 e. The lowest BCUT2D eigenvalue weighted by atomic mass is 10.1. The summed E-state index contributed by atoms with van der Waals surface area (Å²) in [5.74, 6) is 0.529. The average molecular weight is 301 g/mol. The summed E-state index contributed by atoms with van der Waals surface area (Å²) in [7, 11) is 0. The number of nitrogen functional groups attached to an aromatic ring is 2. The topological polar surface area (TPSA) is 95.6 Å². The van der Waals surface area contributed by atoms with Crippen LogP contribution in [0.25, 0.3) is 17.1 Å². The Morgan fingerprint density at radius 2 is 1.76 bits per heavy atom. The standard InChI is InChI=1S/C14H13ClN6/c1-8-2-3-12(15)13(4-8)21-14(18-19-20-21)9-5-10(16)7-11(17)6-9/h2-7H,16-17H2,1H3. The summed E-state index contributed by atoms with van der Waals surface area (Å²) in [6, 6.07) is 10.9. The summed E-state index contributed by atoms with van der Waals surface area (Å²) in [5, 5.41) is 12.4. The van der Waals surface area contributed by atoms with Gasteiger partial charge in [-0.25, -0.2) is 0 Å². The minimum atomic E-state index is 0.529. The summed E-state index contributed by atoms with van der Waals surface area (Å²) in [6.45, 7) is 1.97. The predicted octanol–water partition coefficient (Wildman–Crippen LogP) is 2.46. The van der Waals surface area contributed by atoms with E-state index in [-0.39, 0.29) is 0 Å². The van der Waals surface area contributed by atoms with Gasteiger partial charge in [0.2, 0.25) is 0 Å². The van der Waals surface area contributed by atoms with E-state index in [1.54, 1.807) is 22.9 Å². The van der Waals surface area contributed by atoms with Gasteiger partial charge in [0.15, 0.2) is 5.82 Å². The highest BCUT2D eigenvalue weighted by molar-refractivity contribution is 6.32. The van der Waals surface area contributed by atoms with E-state index in [0.29, 0.717) is 27.9 Å². The van der Waals surface area contributed by atoms with E-state index in [9.17, 15) is 0 Å². The number of benzene rings is 2. The van der Waals surface area contributed by atoms with Gasteiger partial charge in [0, 0.05) is 16.9 Å². The third-order valence-corrected chi connectivity index (χ3v) is 3.35. The van der Waals surface area contributed by atoms with E-state index in [1.165, 1.54) is 0 Å². The maximum absolute atomic E-state index is 6.24. The number of anilines is 2. The van der Waals surface area contributed by atoms with Crippen molar-refractivity contribution in [3.63, 3.8) is 0 Å². The van der Waals surface area contributed by atoms with Gasteiger partial charge < -0.3 is 11.5 Å². The van der Waals surface area contributed by atoms with Crippen LogP contribution in [0.2, 0.25) is 5.02 Å². The lowest BCUT2D eigenvalue weighted by Gasteiger charge is -2.08. The maximum atomic E-state index is 6.24. The van der Waals surface area contributed by atoms with Crippen molar-refractivity contribution in [2.45, 2.75) is 6.92 Å². The molecule has 0 aliphatic carbocycles. The van der Waals surface area contributed by atoms with Crippen LogP contribution in [-0.4, -0.2) is 20.2 Å². The zero-order chi connectivity index (χ0) is 15.0. The van der Waals surface area contributed by atoms with Crippen molar-refractivity contribution >= 4 is 23.0 Å². The second-order valence-corrected chi connectivity index (χ2v) is 5.16. The molecule has 21 heavy (non-hydrogen) atoms. The van der Waals surface area contributed by atoms with Gasteiger partial charge in [0.05, 0.1) is 10.7 Å². The fourth-order valence-corrected chi connectivity index (χ4v) is 2.32. The molecule has 0 spiro atoms. The van der Waals surface area contributed by atoms with E-state index in [4.69, 9.17) is 23.1 Å². The van der Waals surface area contributed by atoms with Gasteiger partial charge in [-0.15, -0.1) is 5.10 Å². The second-order valence-electron chi connectivity index (χ2n) is 4.76. The second kappa shape index (κ2) is 5.06. The maximum Gasteiger partial charge on any atom is 0.187 e. The van der Waals surface area contributed by atoms with Crippen molar-refractivity contribution in [1.82, 2.24) is 20.2 Å². The number of rotatable bonds is 2. The summed E-state index contributed by atoms with van der Waals surface area (Å²) in [5.41, 5.74) is 15.2. The quantitative estimate of drug-likeness (QED) is 0.709. The summed E-state index contributed by atoms with van der Waals surface area (Å²) in [6.07, 6.45) is 0. The summed E-state index contributed by atoms with van der Waals surface area (Å²) in [4.78, 5) is 0. The molecule has 0 saturated heterocycles. The number of halogens is 1. The molecule has 2 aromatic carbocycles. The van der Waals surface area contributed by atoms with Crippen LogP contribution in [0.5, 0.6) is 0 Å². The Bertz CT molecular complexity index is 791. The Balaban J connectivity index is 2.19. The predicted molar refractivity (Wildman–Crippen MR) is 83.2 cm³/mol. The molecule has 3 aromatic rings. The van der Waals surface area contributed by atoms with Gasteiger partial charge in [0.25, 0.3) is 0 Å². The third kappa shape index (κ3) is 2.53. The Morgan fingerprint density at radius 1 is 1.05 bits per heavy atom. The van der Waals surface area contributed by atoms with Crippen LogP contribution in [0.1, 0.15) is 5.56 Å². The first-order valence-electron chi connectivity index (χ1n) is 6.26. The first-order chi connectivity index (χ1) is 10.0. The van der Waals surface area contributed by atoms with Crippen LogP contribution >= 0.6 is 11.6 Å². The fourth-order valence-electron chi connectivity index (χ4n) is 2.12. The Kier molecular flexibility index (Phi) is 3.23. The highest BCUT2D eigenvalue weighted by Gasteiger charge is 2.14. The smallest absolute Gasteiger partial charge is 0.187 e. The number of nitrogens with zero attached hydrogens (tertiary/aromatic N) is 4. The number of tetrazole rings is 1. The van der Waals surface area contributed by atoms with E-state index in [2.05, 4.69) is 15.5 Å². The molecular weight excluding hydrogens is 288 g/mol. The van der Waals surface area contributed by atoms with Gasteiger partial charge in [-0.1, -0.05) is 17.7 Å². The fraction of sp³-hybridized carbons (Fsp3) is 0.0714. The molecule has 0 aliphatic rings. The van der Waals surface area contributed by atoms with Crippen LogP contribution in [-0.2, 0) is 0 Å². The molecule has 0 radical (unpaired) electrons. The van der Waals surface area contributed by atoms with Crippen molar-refractivity contribution in [1.29, 1.82) is 0 Å². The molecule has 1 heterocycles. The number of hydrogen-bond acceptors (Lipinski definition) is 5. The molecule has 1 aromatic heterocycles. The van der Waals surface area contributed by atoms with E-state index in [0.717, 1.165) is 11.1 Å². The highest BCUT2D eigenvalue weighted by Crippen LogP contribution is 2.27. The minimum absolute atomic E-state index is 0.529. The molecule has 0 unspecified atom stereocenters. The van der Waals surface area contributed by atoms with E-state index < -0.39 is 0 Å². The summed E-state index contributed by atoms with van der Waals surface area (Å²) < 4.78 is 1.57. The average Bonchev–Trinajstić information content (AvgIpc) is 2.89. The largest absolute Gasteiger partial charge is 0.399 e. The number of aryl methyl sites for hydroxylation is 1. The molecule has 0 aliphatic heterocycles. The molecule has 4 N–H and O–H groups in total. The first-order valence-corrected chi connectivity index (χ1v) is 6.64. The van der Waals surface area contributed by atoms with Crippen molar-refractivity contribution in [3.8, 4) is 17.1 Å². The monoisotopic (exact) mass is 300 g/mol. The number of hydrogen-bond donors (Lipinski definition) is 2. The lowest BCUT2D eigenvalue weighted by Crippen LogP contribution is -2.02. The van der Waals surface area contributed by atoms with Gasteiger partial charge in [-0.2, -0.15) is 4.68 Å². The molecule has 0 saturated carbocycles. The van der Waals surface area contributed by atoms with Gasteiger partial charge in [-0.05, 0) is 53.2 Å². The van der Waals surface area contributed by atoms with Gasteiger partial charge in [-0.3, -0.25) is 0 Å². The van der Waals surface area contributed by atoms with E-state index >= 15 is 0 Å². The van der Waals surface area contributed by atoms with Crippen molar-refractivity contribution in [2.24, 2.45) is 0 Å². The van der Waals surface area contributed by atoms with E-state index in [1.807, 2.05) is 25.1 Å². The first kappa shape index (κ1) is 13.4. The Morgan fingerprint density at radius 3 is 2.48 bits per heavy atom. The molecule has 0 bridgehead atoms. The summed E-state index contributed by atoms with van der Waals surface area (Å²) >= 11 is 6.24. The van der Waals surface area contributed by atoms with Crippen LogP contribution in [0.4, 0.5) is 11.4 Å². The normalized spacial score (nSPS) is 10.8. The lowest BCUT2D eigenvalue weighted by molar-refractivity contribution is 0.791. The van der Waals surface area contributed by atoms with Crippen LogP contribution in [0, 0.1) is 6.92 Å².